The van der Waals surface area contributed by atoms with Gasteiger partial charge in [0.25, 0.3) is 5.91 Å². The maximum Gasteiger partial charge on any atom is 0.291 e. The lowest BCUT2D eigenvalue weighted by atomic mass is 10.1. The Morgan fingerprint density at radius 1 is 0.968 bits per heavy atom. The summed E-state index contributed by atoms with van der Waals surface area (Å²) in [5.41, 5.74) is 2.45. The van der Waals surface area contributed by atoms with Crippen molar-refractivity contribution in [1.29, 1.82) is 0 Å². The number of benzene rings is 3. The minimum Gasteiger partial charge on any atom is -0.457 e. The highest BCUT2D eigenvalue weighted by Crippen LogP contribution is 2.29. The van der Waals surface area contributed by atoms with E-state index in [9.17, 15) is 13.2 Å². The van der Waals surface area contributed by atoms with Crippen molar-refractivity contribution in [3.63, 3.8) is 0 Å². The van der Waals surface area contributed by atoms with Crippen LogP contribution >= 0.6 is 0 Å². The van der Waals surface area contributed by atoms with Crippen LogP contribution in [-0.4, -0.2) is 20.6 Å². The zero-order valence-corrected chi connectivity index (χ0v) is 17.9. The third-order valence-electron chi connectivity index (χ3n) is 4.65. The number of nitrogens with one attached hydrogen (secondary N) is 1. The van der Waals surface area contributed by atoms with Gasteiger partial charge in [0.1, 0.15) is 17.1 Å². The molecule has 1 aromatic heterocycles. The first-order chi connectivity index (χ1) is 14.8. The van der Waals surface area contributed by atoms with Gasteiger partial charge in [0.05, 0.1) is 5.75 Å². The second-order valence-corrected chi connectivity index (χ2v) is 9.51. The van der Waals surface area contributed by atoms with Crippen LogP contribution in [0.15, 0.2) is 77.2 Å². The maximum atomic E-state index is 12.9. The fourth-order valence-corrected chi connectivity index (χ4v) is 4.11. The molecule has 1 N–H and O–H groups in total. The smallest absolute Gasteiger partial charge is 0.291 e. The first-order valence-corrected chi connectivity index (χ1v) is 11.7. The first-order valence-electron chi connectivity index (χ1n) is 9.62. The van der Waals surface area contributed by atoms with Crippen molar-refractivity contribution in [2.45, 2.75) is 12.7 Å². The summed E-state index contributed by atoms with van der Waals surface area (Å²) in [6.07, 6.45) is 1.13. The summed E-state index contributed by atoms with van der Waals surface area (Å²) in [4.78, 5) is 12.9. The van der Waals surface area contributed by atoms with Crippen molar-refractivity contribution in [2.24, 2.45) is 0 Å². The normalized spacial score (nSPS) is 11.4. The van der Waals surface area contributed by atoms with Crippen LogP contribution < -0.4 is 10.1 Å². The Balaban J connectivity index is 1.55. The molecule has 0 bridgehead atoms. The third-order valence-corrected chi connectivity index (χ3v) is 5.46. The summed E-state index contributed by atoms with van der Waals surface area (Å²) in [6.45, 7) is 1.99. The maximum absolute atomic E-state index is 12.9. The molecule has 0 aliphatic carbocycles. The van der Waals surface area contributed by atoms with Gasteiger partial charge in [0.2, 0.25) is 0 Å². The molecule has 0 fully saturated rings. The van der Waals surface area contributed by atoms with Crippen molar-refractivity contribution in [1.82, 2.24) is 0 Å². The zero-order chi connectivity index (χ0) is 22.0. The lowest BCUT2D eigenvalue weighted by Crippen LogP contribution is -2.14. The van der Waals surface area contributed by atoms with Gasteiger partial charge < -0.3 is 14.5 Å². The van der Waals surface area contributed by atoms with Gasteiger partial charge in [0, 0.05) is 22.9 Å². The molecule has 1 heterocycles. The molecule has 0 aliphatic heterocycles. The minimum absolute atomic E-state index is 0.00767. The number of carbonyl (C=O) groups is 1. The lowest BCUT2D eigenvalue weighted by molar-refractivity contribution is 0.0998. The van der Waals surface area contributed by atoms with E-state index in [1.165, 1.54) is 0 Å². The van der Waals surface area contributed by atoms with Crippen molar-refractivity contribution >= 4 is 32.4 Å². The monoisotopic (exact) mass is 435 g/mol. The van der Waals surface area contributed by atoms with E-state index < -0.39 is 15.7 Å². The number of rotatable bonds is 6. The topological polar surface area (TPSA) is 85.6 Å². The predicted molar refractivity (Wildman–Crippen MR) is 120 cm³/mol. The molecular formula is C24H21NO5S. The molecule has 3 aromatic carbocycles. The molecule has 6 nitrogen and oxygen atoms in total. The highest BCUT2D eigenvalue weighted by Gasteiger charge is 2.23. The molecule has 0 radical (unpaired) electrons. The second kappa shape index (κ2) is 8.28. The van der Waals surface area contributed by atoms with Gasteiger partial charge in [-0.05, 0) is 55.0 Å². The Hall–Kier alpha value is -3.58. The van der Waals surface area contributed by atoms with E-state index in [2.05, 4.69) is 5.32 Å². The third kappa shape index (κ3) is 4.95. The largest absolute Gasteiger partial charge is 0.457 e. The van der Waals surface area contributed by atoms with Crippen LogP contribution in [0.1, 0.15) is 21.7 Å². The second-order valence-electron chi connectivity index (χ2n) is 7.37. The Morgan fingerprint density at radius 2 is 1.71 bits per heavy atom. The van der Waals surface area contributed by atoms with E-state index in [0.29, 0.717) is 28.0 Å². The number of para-hydroxylation sites is 1. The number of hydrogen-bond acceptors (Lipinski definition) is 5. The molecule has 1 amide bonds. The number of aryl methyl sites for hydroxylation is 1. The molecule has 31 heavy (non-hydrogen) atoms. The van der Waals surface area contributed by atoms with Crippen molar-refractivity contribution in [3.05, 3.63) is 89.7 Å². The summed E-state index contributed by atoms with van der Waals surface area (Å²) in [5, 5.41) is 3.37. The summed E-state index contributed by atoms with van der Waals surface area (Å²) >= 11 is 0. The first kappa shape index (κ1) is 20.7. The molecule has 0 atom stereocenters. The van der Waals surface area contributed by atoms with Crippen LogP contribution in [0, 0.1) is 6.92 Å². The Labute approximate surface area is 180 Å². The molecule has 4 rings (SSSR count). The Kier molecular flexibility index (Phi) is 5.52. The number of hydrogen-bond donors (Lipinski definition) is 1. The van der Waals surface area contributed by atoms with Gasteiger partial charge >= 0.3 is 0 Å². The standard InChI is InChI=1S/C24H21NO5S/c1-16-6-5-7-19(14-16)29-18-12-10-17(11-13-18)25-24(26)23-21(15-31(2,27)28)20-8-3-4-9-22(20)30-23/h3-14H,15H2,1-2H3,(H,25,26). The van der Waals surface area contributed by atoms with Crippen molar-refractivity contribution in [3.8, 4) is 11.5 Å². The van der Waals surface area contributed by atoms with E-state index in [1.54, 1.807) is 48.5 Å². The lowest BCUT2D eigenvalue weighted by Gasteiger charge is -2.08. The molecule has 0 saturated carbocycles. The quantitative estimate of drug-likeness (QED) is 0.442. The van der Waals surface area contributed by atoms with Gasteiger partial charge in [-0.1, -0.05) is 30.3 Å². The highest BCUT2D eigenvalue weighted by molar-refractivity contribution is 7.89. The van der Waals surface area contributed by atoms with Crippen LogP contribution in [0.3, 0.4) is 0 Å². The molecule has 0 spiro atoms. The van der Waals surface area contributed by atoms with E-state index in [4.69, 9.17) is 9.15 Å². The predicted octanol–water partition coefficient (Wildman–Crippen LogP) is 5.33. The van der Waals surface area contributed by atoms with Crippen molar-refractivity contribution in [2.75, 3.05) is 11.6 Å². The van der Waals surface area contributed by atoms with Crippen LogP contribution in [0.4, 0.5) is 5.69 Å². The van der Waals surface area contributed by atoms with Crippen molar-refractivity contribution < 1.29 is 22.4 Å². The fourth-order valence-electron chi connectivity index (χ4n) is 3.30. The van der Waals surface area contributed by atoms with Gasteiger partial charge in [-0.3, -0.25) is 4.79 Å². The number of ether oxygens (including phenoxy) is 1. The average Bonchev–Trinajstić information content (AvgIpc) is 3.07. The highest BCUT2D eigenvalue weighted by atomic mass is 32.2. The number of furan rings is 1. The van der Waals surface area contributed by atoms with Gasteiger partial charge in [-0.25, -0.2) is 8.42 Å². The SMILES string of the molecule is Cc1cccc(Oc2ccc(NC(=O)c3oc4ccccc4c3CS(C)(=O)=O)cc2)c1. The number of amides is 1. The number of anilines is 1. The van der Waals surface area contributed by atoms with E-state index in [1.807, 2.05) is 31.2 Å². The number of sulfone groups is 1. The number of carbonyl (C=O) groups excluding carboxylic acids is 1. The Bertz CT molecular complexity index is 1350. The summed E-state index contributed by atoms with van der Waals surface area (Å²) in [6, 6.07) is 21.6. The van der Waals surface area contributed by atoms with Crippen LogP contribution in [-0.2, 0) is 15.6 Å². The van der Waals surface area contributed by atoms with Gasteiger partial charge in [-0.2, -0.15) is 0 Å². The van der Waals surface area contributed by atoms with Crippen LogP contribution in [0.5, 0.6) is 11.5 Å². The molecule has 158 valence electrons. The summed E-state index contributed by atoms with van der Waals surface area (Å²) in [7, 11) is -3.36. The molecular weight excluding hydrogens is 414 g/mol. The molecule has 7 heteroatoms. The van der Waals surface area contributed by atoms with E-state index in [-0.39, 0.29) is 11.5 Å². The average molecular weight is 436 g/mol. The molecule has 0 unspecified atom stereocenters. The molecule has 0 saturated heterocycles. The van der Waals surface area contributed by atoms with Gasteiger partial charge in [0.15, 0.2) is 15.6 Å². The minimum atomic E-state index is -3.36. The Morgan fingerprint density at radius 3 is 2.42 bits per heavy atom. The summed E-state index contributed by atoms with van der Waals surface area (Å²) in [5.74, 6) is 0.555. The molecule has 4 aromatic rings. The summed E-state index contributed by atoms with van der Waals surface area (Å²) < 4.78 is 35.3. The molecule has 0 aliphatic rings. The zero-order valence-electron chi connectivity index (χ0n) is 17.1. The number of fused-ring (bicyclic) bond motifs is 1. The van der Waals surface area contributed by atoms with Gasteiger partial charge in [-0.15, -0.1) is 0 Å². The van der Waals surface area contributed by atoms with Crippen LogP contribution in [0.2, 0.25) is 0 Å². The fraction of sp³-hybridized carbons (Fsp3) is 0.125. The van der Waals surface area contributed by atoms with E-state index >= 15 is 0 Å². The van der Waals surface area contributed by atoms with Crippen LogP contribution in [0.25, 0.3) is 11.0 Å². The van der Waals surface area contributed by atoms with E-state index in [0.717, 1.165) is 17.6 Å².